The Bertz CT molecular complexity index is 830. The minimum atomic E-state index is 0.0423. The molecule has 0 saturated carbocycles. The number of methoxy groups -OCH3 is 1. The molecule has 0 aliphatic carbocycles. The highest BCUT2D eigenvalue weighted by Gasteiger charge is 2.23. The molecule has 1 aliphatic heterocycles. The lowest BCUT2D eigenvalue weighted by Crippen LogP contribution is -2.35. The van der Waals surface area contributed by atoms with Gasteiger partial charge in [-0.05, 0) is 61.9 Å². The smallest absolute Gasteiger partial charge is 0.161 e. The number of benzene rings is 2. The van der Waals surface area contributed by atoms with Gasteiger partial charge in [0, 0.05) is 24.3 Å². The maximum Gasteiger partial charge on any atom is 0.161 e. The molecular weight excluding hydrogens is 324 g/mol. The van der Waals surface area contributed by atoms with E-state index in [9.17, 15) is 10.1 Å². The zero-order valence-electron chi connectivity index (χ0n) is 15.4. The van der Waals surface area contributed by atoms with E-state index in [1.165, 1.54) is 5.56 Å². The molecule has 0 radical (unpaired) electrons. The number of Topliss-reactive ketones (excluding diaryl/α,β-unsaturated/α-hetero) is 1. The summed E-state index contributed by atoms with van der Waals surface area (Å²) in [5.41, 5.74) is 3.45. The van der Waals surface area contributed by atoms with Gasteiger partial charge < -0.3 is 9.64 Å². The molecule has 3 rings (SSSR count). The molecule has 134 valence electrons. The van der Waals surface area contributed by atoms with Crippen LogP contribution in [0.4, 0.5) is 5.69 Å². The highest BCUT2D eigenvalue weighted by atomic mass is 16.5. The lowest BCUT2D eigenvalue weighted by atomic mass is 9.89. The molecule has 2 aromatic carbocycles. The van der Waals surface area contributed by atoms with Gasteiger partial charge in [-0.15, -0.1) is 0 Å². The molecule has 4 nitrogen and oxygen atoms in total. The fourth-order valence-corrected chi connectivity index (χ4v) is 3.72. The third-order valence-corrected chi connectivity index (χ3v) is 5.16. The predicted molar refractivity (Wildman–Crippen MR) is 103 cm³/mol. The van der Waals surface area contributed by atoms with Crippen molar-refractivity contribution in [3.05, 3.63) is 59.2 Å². The van der Waals surface area contributed by atoms with Crippen LogP contribution in [0.5, 0.6) is 5.75 Å². The summed E-state index contributed by atoms with van der Waals surface area (Å²) < 4.78 is 5.47. The Kier molecular flexibility index (Phi) is 5.58. The van der Waals surface area contributed by atoms with E-state index in [0.29, 0.717) is 17.0 Å². The van der Waals surface area contributed by atoms with Gasteiger partial charge in [-0.1, -0.05) is 18.2 Å². The van der Waals surface area contributed by atoms with Gasteiger partial charge in [-0.2, -0.15) is 5.26 Å². The van der Waals surface area contributed by atoms with Gasteiger partial charge in [-0.3, -0.25) is 4.79 Å². The number of para-hydroxylation sites is 1. The van der Waals surface area contributed by atoms with Crippen molar-refractivity contribution < 1.29 is 9.53 Å². The molecule has 1 saturated heterocycles. The number of ether oxygens (including phenoxy) is 1. The molecule has 1 heterocycles. The van der Waals surface area contributed by atoms with Gasteiger partial charge in [0.1, 0.15) is 5.75 Å². The predicted octanol–water partition coefficient (Wildman–Crippen LogP) is 4.23. The van der Waals surface area contributed by atoms with E-state index in [1.807, 2.05) is 18.2 Å². The highest BCUT2D eigenvalue weighted by molar-refractivity contribution is 6.00. The van der Waals surface area contributed by atoms with Gasteiger partial charge in [-0.25, -0.2) is 0 Å². The monoisotopic (exact) mass is 348 g/mol. The summed E-state index contributed by atoms with van der Waals surface area (Å²) >= 11 is 0. The summed E-state index contributed by atoms with van der Waals surface area (Å²) in [5.74, 6) is 1.60. The molecule has 0 bridgehead atoms. The SMILES string of the molecule is COc1ccccc1CC1CCN(c2cc(C#N)ccc2C(C)=O)CC1. The summed E-state index contributed by atoms with van der Waals surface area (Å²) in [6, 6.07) is 15.7. The summed E-state index contributed by atoms with van der Waals surface area (Å²) in [7, 11) is 1.72. The molecule has 2 aromatic rings. The fourth-order valence-electron chi connectivity index (χ4n) is 3.72. The van der Waals surface area contributed by atoms with Crippen molar-refractivity contribution in [3.8, 4) is 11.8 Å². The van der Waals surface area contributed by atoms with Crippen LogP contribution >= 0.6 is 0 Å². The topological polar surface area (TPSA) is 53.3 Å². The first-order valence-corrected chi connectivity index (χ1v) is 9.04. The van der Waals surface area contributed by atoms with E-state index < -0.39 is 0 Å². The van der Waals surface area contributed by atoms with Crippen molar-refractivity contribution in [2.24, 2.45) is 5.92 Å². The molecule has 0 atom stereocenters. The molecule has 4 heteroatoms. The first-order valence-electron chi connectivity index (χ1n) is 9.04. The molecular formula is C22H24N2O2. The maximum absolute atomic E-state index is 12.0. The second-order valence-corrected chi connectivity index (χ2v) is 6.85. The van der Waals surface area contributed by atoms with Crippen molar-refractivity contribution in [1.82, 2.24) is 0 Å². The molecule has 26 heavy (non-hydrogen) atoms. The van der Waals surface area contributed by atoms with Gasteiger partial charge >= 0.3 is 0 Å². The Balaban J connectivity index is 1.71. The van der Waals surface area contributed by atoms with Crippen LogP contribution < -0.4 is 9.64 Å². The normalized spacial score (nSPS) is 14.7. The van der Waals surface area contributed by atoms with Gasteiger partial charge in [0.15, 0.2) is 5.78 Å². The van der Waals surface area contributed by atoms with Gasteiger partial charge in [0.05, 0.1) is 18.7 Å². The Morgan fingerprint density at radius 1 is 1.23 bits per heavy atom. The average molecular weight is 348 g/mol. The number of nitriles is 1. The summed E-state index contributed by atoms with van der Waals surface area (Å²) in [5, 5.41) is 9.18. The largest absolute Gasteiger partial charge is 0.496 e. The first-order chi connectivity index (χ1) is 12.6. The maximum atomic E-state index is 12.0. The van der Waals surface area contributed by atoms with E-state index in [4.69, 9.17) is 4.74 Å². The number of anilines is 1. The summed E-state index contributed by atoms with van der Waals surface area (Å²) in [4.78, 5) is 14.2. The van der Waals surface area contributed by atoms with Crippen LogP contribution in [-0.4, -0.2) is 26.0 Å². The van der Waals surface area contributed by atoms with Gasteiger partial charge in [0.2, 0.25) is 0 Å². The molecule has 1 fully saturated rings. The van der Waals surface area contributed by atoms with Crippen LogP contribution in [0.25, 0.3) is 0 Å². The number of rotatable bonds is 5. The van der Waals surface area contributed by atoms with Crippen molar-refractivity contribution in [2.45, 2.75) is 26.2 Å². The number of hydrogen-bond donors (Lipinski definition) is 0. The van der Waals surface area contributed by atoms with Crippen molar-refractivity contribution >= 4 is 11.5 Å². The third-order valence-electron chi connectivity index (χ3n) is 5.16. The average Bonchev–Trinajstić information content (AvgIpc) is 2.68. The van der Waals surface area contributed by atoms with E-state index in [1.54, 1.807) is 26.2 Å². The second kappa shape index (κ2) is 8.05. The molecule has 1 aliphatic rings. The Hall–Kier alpha value is -2.80. The minimum Gasteiger partial charge on any atom is -0.496 e. The summed E-state index contributed by atoms with van der Waals surface area (Å²) in [6.07, 6.45) is 3.13. The van der Waals surface area contributed by atoms with Crippen LogP contribution in [-0.2, 0) is 6.42 Å². The highest BCUT2D eigenvalue weighted by Crippen LogP contribution is 2.31. The first kappa shape index (κ1) is 18.0. The number of carbonyl (C=O) groups excluding carboxylic acids is 1. The lowest BCUT2D eigenvalue weighted by Gasteiger charge is -2.35. The zero-order valence-corrected chi connectivity index (χ0v) is 15.4. The molecule has 0 spiro atoms. The number of carbonyl (C=O) groups is 1. The number of nitrogens with zero attached hydrogens (tertiary/aromatic N) is 2. The number of piperidine rings is 1. The van der Waals surface area contributed by atoms with Gasteiger partial charge in [0.25, 0.3) is 0 Å². The minimum absolute atomic E-state index is 0.0423. The van der Waals surface area contributed by atoms with Crippen LogP contribution in [0.3, 0.4) is 0 Å². The van der Waals surface area contributed by atoms with Crippen LogP contribution in [0.15, 0.2) is 42.5 Å². The Labute approximate surface area is 155 Å². The van der Waals surface area contributed by atoms with E-state index in [0.717, 1.165) is 43.8 Å². The molecule has 0 unspecified atom stereocenters. The van der Waals surface area contributed by atoms with Crippen LogP contribution in [0.1, 0.15) is 41.3 Å². The summed E-state index contributed by atoms with van der Waals surface area (Å²) in [6.45, 7) is 3.38. The zero-order chi connectivity index (χ0) is 18.5. The van der Waals surface area contributed by atoms with Crippen LogP contribution in [0, 0.1) is 17.2 Å². The molecule has 0 aromatic heterocycles. The lowest BCUT2D eigenvalue weighted by molar-refractivity contribution is 0.101. The standard InChI is InChI=1S/C22H24N2O2/c1-16(25)20-8-7-18(15-23)14-21(20)24-11-9-17(10-12-24)13-19-5-3-4-6-22(19)26-2/h3-8,14,17H,9-13H2,1-2H3. The second-order valence-electron chi connectivity index (χ2n) is 6.85. The Morgan fingerprint density at radius 2 is 1.96 bits per heavy atom. The van der Waals surface area contributed by atoms with E-state index in [-0.39, 0.29) is 5.78 Å². The molecule has 0 N–H and O–H groups in total. The Morgan fingerprint density at radius 3 is 2.62 bits per heavy atom. The van der Waals surface area contributed by atoms with E-state index in [2.05, 4.69) is 23.1 Å². The third kappa shape index (κ3) is 3.88. The fraction of sp³-hybridized carbons (Fsp3) is 0.364. The van der Waals surface area contributed by atoms with Crippen LogP contribution in [0.2, 0.25) is 0 Å². The van der Waals surface area contributed by atoms with E-state index >= 15 is 0 Å². The molecule has 0 amide bonds. The quantitative estimate of drug-likeness (QED) is 0.759. The van der Waals surface area contributed by atoms with Crippen molar-refractivity contribution in [3.63, 3.8) is 0 Å². The van der Waals surface area contributed by atoms with Crippen molar-refractivity contribution in [2.75, 3.05) is 25.1 Å². The number of hydrogen-bond acceptors (Lipinski definition) is 4. The number of ketones is 1. The van der Waals surface area contributed by atoms with Crippen molar-refractivity contribution in [1.29, 1.82) is 5.26 Å².